The molecule has 0 bridgehead atoms. The van der Waals surface area contributed by atoms with Crippen LogP contribution in [0.4, 0.5) is 0 Å². The third-order valence-electron chi connectivity index (χ3n) is 1.71. The van der Waals surface area contributed by atoms with E-state index in [0.29, 0.717) is 6.42 Å². The Hall–Kier alpha value is -0.960. The van der Waals surface area contributed by atoms with Crippen molar-refractivity contribution in [2.24, 2.45) is 0 Å². The van der Waals surface area contributed by atoms with Crippen molar-refractivity contribution in [2.75, 3.05) is 6.26 Å². The molecule has 70 valence electrons. The minimum atomic E-state index is -0.935. The van der Waals surface area contributed by atoms with Gasteiger partial charge in [0, 0.05) is 28.4 Å². The summed E-state index contributed by atoms with van der Waals surface area (Å²) in [4.78, 5) is 11.6. The third kappa shape index (κ3) is 3.11. The highest BCUT2D eigenvalue weighted by molar-refractivity contribution is 7.84. The number of benzene rings is 1. The van der Waals surface area contributed by atoms with Crippen LogP contribution in [0.15, 0.2) is 29.2 Å². The van der Waals surface area contributed by atoms with E-state index in [1.54, 1.807) is 25.3 Å². The van der Waals surface area contributed by atoms with E-state index in [0.717, 1.165) is 10.5 Å². The van der Waals surface area contributed by atoms with Gasteiger partial charge in [0.05, 0.1) is 0 Å². The van der Waals surface area contributed by atoms with Crippen LogP contribution in [0.3, 0.4) is 0 Å². The first-order valence-corrected chi connectivity index (χ1v) is 5.57. The van der Waals surface area contributed by atoms with Gasteiger partial charge in [-0.1, -0.05) is 12.1 Å². The monoisotopic (exact) mass is 196 g/mol. The number of Topliss-reactive ketones (excluding diaryl/α,β-unsaturated/α-hetero) is 1. The predicted molar refractivity (Wildman–Crippen MR) is 53.2 cm³/mol. The molecular formula is C10H12O2S. The topological polar surface area (TPSA) is 34.1 Å². The van der Waals surface area contributed by atoms with Gasteiger partial charge in [0.1, 0.15) is 5.78 Å². The quantitative estimate of drug-likeness (QED) is 0.735. The van der Waals surface area contributed by atoms with Crippen LogP contribution in [0.25, 0.3) is 0 Å². The van der Waals surface area contributed by atoms with Crippen molar-refractivity contribution in [2.45, 2.75) is 18.2 Å². The average Bonchev–Trinajstić information content (AvgIpc) is 2.04. The molecule has 1 atom stereocenters. The van der Waals surface area contributed by atoms with E-state index in [4.69, 9.17) is 0 Å². The van der Waals surface area contributed by atoms with Crippen LogP contribution in [0.2, 0.25) is 0 Å². The lowest BCUT2D eigenvalue weighted by atomic mass is 10.1. The van der Waals surface area contributed by atoms with Gasteiger partial charge < -0.3 is 0 Å². The van der Waals surface area contributed by atoms with E-state index < -0.39 is 10.8 Å². The zero-order chi connectivity index (χ0) is 9.84. The van der Waals surface area contributed by atoms with Gasteiger partial charge in [0.15, 0.2) is 0 Å². The van der Waals surface area contributed by atoms with E-state index in [9.17, 15) is 9.00 Å². The van der Waals surface area contributed by atoms with E-state index in [-0.39, 0.29) is 5.78 Å². The summed E-state index contributed by atoms with van der Waals surface area (Å²) >= 11 is 0. The number of carbonyl (C=O) groups excluding carboxylic acids is 1. The molecule has 0 fully saturated rings. The molecule has 0 amide bonds. The molecule has 3 heteroatoms. The Kier molecular flexibility index (Phi) is 3.37. The first-order chi connectivity index (χ1) is 6.09. The molecular weight excluding hydrogens is 184 g/mol. The molecule has 2 nitrogen and oxygen atoms in total. The van der Waals surface area contributed by atoms with Crippen LogP contribution in [-0.4, -0.2) is 16.2 Å². The van der Waals surface area contributed by atoms with E-state index in [1.165, 1.54) is 0 Å². The van der Waals surface area contributed by atoms with Gasteiger partial charge in [-0.3, -0.25) is 9.00 Å². The molecule has 0 heterocycles. The highest BCUT2D eigenvalue weighted by Gasteiger charge is 1.99. The second-order valence-electron chi connectivity index (χ2n) is 2.98. The first-order valence-electron chi connectivity index (χ1n) is 4.01. The van der Waals surface area contributed by atoms with Crippen molar-refractivity contribution in [1.82, 2.24) is 0 Å². The fourth-order valence-corrected chi connectivity index (χ4v) is 1.61. The Bertz CT molecular complexity index is 327. The molecule has 0 saturated heterocycles. The molecule has 0 aliphatic heterocycles. The van der Waals surface area contributed by atoms with Gasteiger partial charge in [0.2, 0.25) is 0 Å². The second kappa shape index (κ2) is 4.33. The molecule has 1 aromatic carbocycles. The van der Waals surface area contributed by atoms with Crippen LogP contribution in [0.1, 0.15) is 12.5 Å². The normalized spacial score (nSPS) is 12.5. The van der Waals surface area contributed by atoms with Crippen molar-refractivity contribution in [1.29, 1.82) is 0 Å². The lowest BCUT2D eigenvalue weighted by Gasteiger charge is -1.99. The third-order valence-corrected chi connectivity index (χ3v) is 2.64. The number of hydrogen-bond donors (Lipinski definition) is 0. The summed E-state index contributed by atoms with van der Waals surface area (Å²) in [7, 11) is -0.935. The van der Waals surface area contributed by atoms with Crippen molar-refractivity contribution in [3.05, 3.63) is 29.8 Å². The molecule has 0 N–H and O–H groups in total. The number of ketones is 1. The second-order valence-corrected chi connectivity index (χ2v) is 4.36. The zero-order valence-corrected chi connectivity index (χ0v) is 8.56. The largest absolute Gasteiger partial charge is 0.300 e. The maximum Gasteiger partial charge on any atom is 0.134 e. The highest BCUT2D eigenvalue weighted by Crippen LogP contribution is 2.08. The van der Waals surface area contributed by atoms with E-state index in [1.807, 2.05) is 12.1 Å². The molecule has 0 radical (unpaired) electrons. The fourth-order valence-electron chi connectivity index (χ4n) is 1.09. The molecule has 13 heavy (non-hydrogen) atoms. The summed E-state index contributed by atoms with van der Waals surface area (Å²) in [5.74, 6) is 0.144. The van der Waals surface area contributed by atoms with Gasteiger partial charge in [-0.25, -0.2) is 0 Å². The standard InChI is InChI=1S/C10H12O2S/c1-8(11)7-9-3-5-10(6-4-9)13(2)12/h3-6H,7H2,1-2H3. The minimum absolute atomic E-state index is 0.144. The van der Waals surface area contributed by atoms with Crippen molar-refractivity contribution < 1.29 is 9.00 Å². The van der Waals surface area contributed by atoms with Crippen LogP contribution in [0.5, 0.6) is 0 Å². The summed E-state index contributed by atoms with van der Waals surface area (Å²) < 4.78 is 11.0. The molecule has 1 unspecified atom stereocenters. The number of hydrogen-bond acceptors (Lipinski definition) is 2. The average molecular weight is 196 g/mol. The van der Waals surface area contributed by atoms with Gasteiger partial charge in [0.25, 0.3) is 0 Å². The Balaban J connectivity index is 2.81. The molecule has 0 saturated carbocycles. The van der Waals surface area contributed by atoms with E-state index >= 15 is 0 Å². The molecule has 0 aliphatic rings. The molecule has 1 aromatic rings. The van der Waals surface area contributed by atoms with Gasteiger partial charge in [-0.15, -0.1) is 0 Å². The number of carbonyl (C=O) groups is 1. The van der Waals surface area contributed by atoms with Crippen LogP contribution < -0.4 is 0 Å². The molecule has 1 rings (SSSR count). The van der Waals surface area contributed by atoms with Gasteiger partial charge in [-0.2, -0.15) is 0 Å². The molecule has 0 aliphatic carbocycles. The Morgan fingerprint density at radius 2 is 1.85 bits per heavy atom. The lowest BCUT2D eigenvalue weighted by Crippen LogP contribution is -1.96. The van der Waals surface area contributed by atoms with E-state index in [2.05, 4.69) is 0 Å². The van der Waals surface area contributed by atoms with Gasteiger partial charge in [-0.05, 0) is 24.6 Å². The Morgan fingerprint density at radius 1 is 1.31 bits per heavy atom. The summed E-state index contributed by atoms with van der Waals surface area (Å²) in [5.41, 5.74) is 0.974. The summed E-state index contributed by atoms with van der Waals surface area (Å²) in [6.45, 7) is 1.56. The highest BCUT2D eigenvalue weighted by atomic mass is 32.2. The molecule has 0 aromatic heterocycles. The van der Waals surface area contributed by atoms with Crippen LogP contribution in [-0.2, 0) is 22.0 Å². The summed E-state index contributed by atoms with van der Waals surface area (Å²) in [6, 6.07) is 7.29. The van der Waals surface area contributed by atoms with Crippen molar-refractivity contribution >= 4 is 16.6 Å². The Morgan fingerprint density at radius 3 is 2.23 bits per heavy atom. The first kappa shape index (κ1) is 10.1. The number of rotatable bonds is 3. The van der Waals surface area contributed by atoms with Crippen molar-refractivity contribution in [3.63, 3.8) is 0 Å². The maximum atomic E-state index is 11.0. The van der Waals surface area contributed by atoms with Gasteiger partial charge >= 0.3 is 0 Å². The predicted octanol–water partition coefficient (Wildman–Crippen LogP) is 1.56. The maximum absolute atomic E-state index is 11.0. The summed E-state index contributed by atoms with van der Waals surface area (Å²) in [6.07, 6.45) is 2.09. The van der Waals surface area contributed by atoms with Crippen molar-refractivity contribution in [3.8, 4) is 0 Å². The SMILES string of the molecule is CC(=O)Cc1ccc(S(C)=O)cc1. The zero-order valence-electron chi connectivity index (χ0n) is 7.74. The van der Waals surface area contributed by atoms with Crippen LogP contribution in [0, 0.1) is 0 Å². The van der Waals surface area contributed by atoms with Crippen LogP contribution >= 0.6 is 0 Å². The molecule has 0 spiro atoms. The smallest absolute Gasteiger partial charge is 0.134 e. The lowest BCUT2D eigenvalue weighted by molar-refractivity contribution is -0.116. The Labute approximate surface area is 80.4 Å². The summed E-state index contributed by atoms with van der Waals surface area (Å²) in [5, 5.41) is 0. The minimum Gasteiger partial charge on any atom is -0.300 e. The fraction of sp³-hybridized carbons (Fsp3) is 0.300.